The van der Waals surface area contributed by atoms with Crippen molar-refractivity contribution in [3.8, 4) is 11.5 Å². The van der Waals surface area contributed by atoms with Gasteiger partial charge < -0.3 is 14.8 Å². The van der Waals surface area contributed by atoms with Gasteiger partial charge >= 0.3 is 6.61 Å². The maximum Gasteiger partial charge on any atom is 0.387 e. The van der Waals surface area contributed by atoms with Gasteiger partial charge in [-0.25, -0.2) is 0 Å². The second-order valence-electron chi connectivity index (χ2n) is 4.39. The summed E-state index contributed by atoms with van der Waals surface area (Å²) in [6.45, 7) is 1.70. The van der Waals surface area contributed by atoms with Gasteiger partial charge in [0, 0.05) is 32.7 Å². The third-order valence-electron chi connectivity index (χ3n) is 3.06. The van der Waals surface area contributed by atoms with Gasteiger partial charge in [-0.2, -0.15) is 8.78 Å². The fourth-order valence-corrected chi connectivity index (χ4v) is 2.14. The van der Waals surface area contributed by atoms with Crippen LogP contribution < -0.4 is 14.8 Å². The molecule has 114 valence electrons. The highest BCUT2D eigenvalue weighted by atomic mass is 35.5. The predicted molar refractivity (Wildman–Crippen MR) is 75.0 cm³/mol. The number of nitrogens with zero attached hydrogens (tertiary/aromatic N) is 1. The van der Waals surface area contributed by atoms with Crippen LogP contribution in [0, 0.1) is 0 Å². The van der Waals surface area contributed by atoms with Gasteiger partial charge in [0.15, 0.2) is 11.5 Å². The Morgan fingerprint density at radius 3 is 2.55 bits per heavy atom. The summed E-state index contributed by atoms with van der Waals surface area (Å²) in [5.41, 5.74) is 0.943. The zero-order valence-electron chi connectivity index (χ0n) is 11.3. The minimum absolute atomic E-state index is 0. The maximum absolute atomic E-state index is 12.3. The summed E-state index contributed by atoms with van der Waals surface area (Å²) in [5.74, 6) is 0.412. The van der Waals surface area contributed by atoms with Gasteiger partial charge in [-0.1, -0.05) is 6.07 Å². The molecule has 2 rings (SSSR count). The molecule has 0 spiro atoms. The third kappa shape index (κ3) is 4.77. The molecule has 1 aliphatic heterocycles. The van der Waals surface area contributed by atoms with Crippen molar-refractivity contribution in [3.63, 3.8) is 0 Å². The molecule has 0 bridgehead atoms. The van der Waals surface area contributed by atoms with Crippen molar-refractivity contribution in [2.24, 2.45) is 0 Å². The van der Waals surface area contributed by atoms with Gasteiger partial charge in [0.25, 0.3) is 0 Å². The lowest BCUT2D eigenvalue weighted by molar-refractivity contribution is -0.0512. The van der Waals surface area contributed by atoms with Gasteiger partial charge in [-0.3, -0.25) is 4.90 Å². The fourth-order valence-electron chi connectivity index (χ4n) is 2.14. The Hall–Kier alpha value is -1.11. The first-order valence-corrected chi connectivity index (χ1v) is 6.24. The number of benzene rings is 1. The summed E-state index contributed by atoms with van der Waals surface area (Å²) in [5, 5.41) is 3.27. The van der Waals surface area contributed by atoms with E-state index in [1.807, 2.05) is 6.07 Å². The second-order valence-corrected chi connectivity index (χ2v) is 4.39. The van der Waals surface area contributed by atoms with Crippen LogP contribution in [0.15, 0.2) is 18.2 Å². The number of nitrogens with one attached hydrogen (secondary N) is 1. The number of hydrogen-bond acceptors (Lipinski definition) is 4. The van der Waals surface area contributed by atoms with E-state index in [0.717, 1.165) is 38.3 Å². The molecule has 1 heterocycles. The molecule has 1 aromatic carbocycles. The van der Waals surface area contributed by atoms with E-state index < -0.39 is 6.61 Å². The van der Waals surface area contributed by atoms with Crippen molar-refractivity contribution in [2.45, 2.75) is 13.2 Å². The highest BCUT2D eigenvalue weighted by Crippen LogP contribution is 2.29. The molecule has 1 aromatic rings. The van der Waals surface area contributed by atoms with Gasteiger partial charge in [0.2, 0.25) is 0 Å². The lowest BCUT2D eigenvalue weighted by Gasteiger charge is -2.27. The van der Waals surface area contributed by atoms with Crippen molar-refractivity contribution in [3.05, 3.63) is 23.8 Å². The molecular formula is C13H19ClF2N2O2. The lowest BCUT2D eigenvalue weighted by atomic mass is 10.1. The predicted octanol–water partition coefficient (Wildman–Crippen LogP) is 2.12. The zero-order chi connectivity index (χ0) is 13.7. The Morgan fingerprint density at radius 2 is 1.95 bits per heavy atom. The smallest absolute Gasteiger partial charge is 0.387 e. The Morgan fingerprint density at radius 1 is 1.25 bits per heavy atom. The van der Waals surface area contributed by atoms with Gasteiger partial charge in [-0.15, -0.1) is 12.4 Å². The lowest BCUT2D eigenvalue weighted by Crippen LogP contribution is -2.42. The van der Waals surface area contributed by atoms with Gasteiger partial charge in [-0.05, 0) is 17.7 Å². The minimum Gasteiger partial charge on any atom is -0.493 e. The molecule has 4 nitrogen and oxygen atoms in total. The third-order valence-corrected chi connectivity index (χ3v) is 3.06. The normalized spacial score (nSPS) is 15.8. The van der Waals surface area contributed by atoms with Crippen molar-refractivity contribution in [1.29, 1.82) is 0 Å². The molecule has 0 aromatic heterocycles. The molecular weight excluding hydrogens is 290 g/mol. The summed E-state index contributed by atoms with van der Waals surface area (Å²) < 4.78 is 34.1. The van der Waals surface area contributed by atoms with E-state index in [1.54, 1.807) is 12.1 Å². The van der Waals surface area contributed by atoms with Crippen LogP contribution in [0.2, 0.25) is 0 Å². The molecule has 0 radical (unpaired) electrons. The van der Waals surface area contributed by atoms with E-state index in [-0.39, 0.29) is 18.2 Å². The summed E-state index contributed by atoms with van der Waals surface area (Å²) in [6, 6.07) is 5.15. The van der Waals surface area contributed by atoms with E-state index >= 15 is 0 Å². The highest BCUT2D eigenvalue weighted by molar-refractivity contribution is 5.85. The average Bonchev–Trinajstić information content (AvgIpc) is 2.39. The molecule has 1 N–H and O–H groups in total. The van der Waals surface area contributed by atoms with Crippen molar-refractivity contribution < 1.29 is 18.3 Å². The number of ether oxygens (including phenoxy) is 2. The summed E-state index contributed by atoms with van der Waals surface area (Å²) in [4.78, 5) is 2.27. The molecule has 1 saturated heterocycles. The van der Waals surface area contributed by atoms with E-state index in [0.29, 0.717) is 5.75 Å². The molecule has 1 aliphatic rings. The van der Waals surface area contributed by atoms with Crippen molar-refractivity contribution in [2.75, 3.05) is 33.3 Å². The molecule has 7 heteroatoms. The topological polar surface area (TPSA) is 33.7 Å². The minimum atomic E-state index is -2.84. The van der Waals surface area contributed by atoms with Crippen LogP contribution in [0.25, 0.3) is 0 Å². The van der Waals surface area contributed by atoms with E-state index in [4.69, 9.17) is 4.74 Å². The summed E-state index contributed by atoms with van der Waals surface area (Å²) in [7, 11) is 1.43. The van der Waals surface area contributed by atoms with Crippen LogP contribution in [0.1, 0.15) is 5.56 Å². The molecule has 0 atom stereocenters. The Balaban J connectivity index is 0.00000200. The van der Waals surface area contributed by atoms with Crippen molar-refractivity contribution in [1.82, 2.24) is 10.2 Å². The van der Waals surface area contributed by atoms with Gasteiger partial charge in [0.05, 0.1) is 7.11 Å². The van der Waals surface area contributed by atoms with Crippen LogP contribution in [0.5, 0.6) is 11.5 Å². The number of hydrogen-bond donors (Lipinski definition) is 1. The van der Waals surface area contributed by atoms with Crippen LogP contribution in [0.3, 0.4) is 0 Å². The number of piperazine rings is 1. The SMILES string of the molecule is COc1ccc(CN2CCNCC2)cc1OC(F)F.Cl. The average molecular weight is 309 g/mol. The molecule has 0 saturated carbocycles. The fraction of sp³-hybridized carbons (Fsp3) is 0.538. The van der Waals surface area contributed by atoms with Crippen LogP contribution >= 0.6 is 12.4 Å². The number of rotatable bonds is 5. The molecule has 0 aliphatic carbocycles. The monoisotopic (exact) mass is 308 g/mol. The van der Waals surface area contributed by atoms with E-state index in [1.165, 1.54) is 7.11 Å². The molecule has 1 fully saturated rings. The summed E-state index contributed by atoms with van der Waals surface area (Å²) in [6.07, 6.45) is 0. The standard InChI is InChI=1S/C13H18F2N2O2.ClH/c1-18-11-3-2-10(8-12(11)19-13(14)15)9-17-6-4-16-5-7-17;/h2-3,8,13,16H,4-7,9H2,1H3;1H. The maximum atomic E-state index is 12.3. The Bertz CT molecular complexity index is 415. The van der Waals surface area contributed by atoms with Gasteiger partial charge in [0.1, 0.15) is 0 Å². The summed E-state index contributed by atoms with van der Waals surface area (Å²) >= 11 is 0. The second kappa shape index (κ2) is 8.24. The Labute approximate surface area is 123 Å². The first-order valence-electron chi connectivity index (χ1n) is 6.24. The van der Waals surface area contributed by atoms with Crippen molar-refractivity contribution >= 4 is 12.4 Å². The largest absolute Gasteiger partial charge is 0.493 e. The van der Waals surface area contributed by atoms with Crippen LogP contribution in [-0.2, 0) is 6.54 Å². The first-order chi connectivity index (χ1) is 9.19. The first kappa shape index (κ1) is 16.9. The van der Waals surface area contributed by atoms with Crippen LogP contribution in [0.4, 0.5) is 8.78 Å². The molecule has 0 unspecified atom stereocenters. The Kier molecular flexibility index (Phi) is 6.98. The number of alkyl halides is 2. The zero-order valence-corrected chi connectivity index (χ0v) is 12.1. The number of methoxy groups -OCH3 is 1. The van der Waals surface area contributed by atoms with E-state index in [2.05, 4.69) is 15.0 Å². The number of halogens is 3. The van der Waals surface area contributed by atoms with E-state index in [9.17, 15) is 8.78 Å². The highest BCUT2D eigenvalue weighted by Gasteiger charge is 2.14. The van der Waals surface area contributed by atoms with Crippen LogP contribution in [-0.4, -0.2) is 44.8 Å². The molecule has 20 heavy (non-hydrogen) atoms. The quantitative estimate of drug-likeness (QED) is 0.903. The molecule has 0 amide bonds.